The Morgan fingerprint density at radius 3 is 2.90 bits per heavy atom. The molecule has 0 aliphatic heterocycles. The van der Waals surface area contributed by atoms with Gasteiger partial charge in [0, 0.05) is 10.1 Å². The van der Waals surface area contributed by atoms with Gasteiger partial charge < -0.3 is 10.1 Å². The summed E-state index contributed by atoms with van der Waals surface area (Å²) in [6.45, 7) is 3.23. The van der Waals surface area contributed by atoms with Crippen molar-refractivity contribution in [2.24, 2.45) is 5.92 Å². The molecule has 3 nitrogen and oxygen atoms in total. The van der Waals surface area contributed by atoms with Crippen LogP contribution in [0.25, 0.3) is 0 Å². The van der Waals surface area contributed by atoms with Crippen molar-refractivity contribution in [3.05, 3.63) is 33.1 Å². The summed E-state index contributed by atoms with van der Waals surface area (Å²) >= 11 is 1.97. The lowest BCUT2D eigenvalue weighted by Crippen LogP contribution is -2.32. The van der Waals surface area contributed by atoms with E-state index >= 15 is 0 Å². The molecule has 0 unspecified atom stereocenters. The fourth-order valence-electron chi connectivity index (χ4n) is 2.67. The normalized spacial score (nSPS) is 22.0. The van der Waals surface area contributed by atoms with E-state index in [4.69, 9.17) is 4.74 Å². The Balaban J connectivity index is 1.74. The van der Waals surface area contributed by atoms with Crippen LogP contribution in [0, 0.1) is 15.3 Å². The second-order valence-corrected chi connectivity index (χ2v) is 6.71. The van der Waals surface area contributed by atoms with E-state index in [9.17, 15) is 9.18 Å². The van der Waals surface area contributed by atoms with Gasteiger partial charge in [-0.25, -0.2) is 4.39 Å². The number of carbonyl (C=O) groups excluding carboxylic acids is 1. The third-order valence-corrected chi connectivity index (χ3v) is 4.82. The average Bonchev–Trinajstić information content (AvgIpc) is 2.45. The highest BCUT2D eigenvalue weighted by Crippen LogP contribution is 2.26. The van der Waals surface area contributed by atoms with Crippen LogP contribution in [0.3, 0.4) is 0 Å². The molecule has 1 N–H and O–H groups in total. The standard InChI is InChI=1S/C16H21FINO2/c1-11-4-2-3-5-15(11)21-9-8-19-16(20)13-7-6-12(17)10-14(13)18/h6-7,10-11,15H,2-5,8-9H2,1H3,(H,19,20)/t11-,15-/m1/s1. The quantitative estimate of drug-likeness (QED) is 0.599. The van der Waals surface area contributed by atoms with Crippen LogP contribution >= 0.6 is 22.6 Å². The third-order valence-electron chi connectivity index (χ3n) is 3.93. The molecule has 0 spiro atoms. The molecule has 2 atom stereocenters. The van der Waals surface area contributed by atoms with Crippen molar-refractivity contribution in [1.82, 2.24) is 5.32 Å². The molecule has 1 saturated carbocycles. The van der Waals surface area contributed by atoms with Gasteiger partial charge in [-0.05, 0) is 59.5 Å². The van der Waals surface area contributed by atoms with Gasteiger partial charge in [-0.3, -0.25) is 4.79 Å². The van der Waals surface area contributed by atoms with Crippen molar-refractivity contribution in [3.8, 4) is 0 Å². The van der Waals surface area contributed by atoms with Crippen LogP contribution < -0.4 is 5.32 Å². The Morgan fingerprint density at radius 2 is 2.19 bits per heavy atom. The molecule has 1 aromatic rings. The largest absolute Gasteiger partial charge is 0.376 e. The van der Waals surface area contributed by atoms with Gasteiger partial charge in [0.15, 0.2) is 0 Å². The maximum absolute atomic E-state index is 13.0. The summed E-state index contributed by atoms with van der Waals surface area (Å²) in [4.78, 5) is 12.0. The van der Waals surface area contributed by atoms with Crippen molar-refractivity contribution in [2.45, 2.75) is 38.7 Å². The second-order valence-electron chi connectivity index (χ2n) is 5.55. The highest BCUT2D eigenvalue weighted by atomic mass is 127. The molecule has 0 saturated heterocycles. The number of halogens is 2. The third kappa shape index (κ3) is 4.92. The van der Waals surface area contributed by atoms with Crippen LogP contribution in [-0.4, -0.2) is 25.2 Å². The predicted octanol–water partition coefficient (Wildman–Crippen LogP) is 3.76. The van der Waals surface area contributed by atoms with E-state index in [0.717, 1.165) is 6.42 Å². The van der Waals surface area contributed by atoms with Crippen LogP contribution in [0.5, 0.6) is 0 Å². The van der Waals surface area contributed by atoms with E-state index in [0.29, 0.717) is 34.3 Å². The van der Waals surface area contributed by atoms with Gasteiger partial charge in [0.05, 0.1) is 18.3 Å². The molecule has 5 heteroatoms. The molecule has 1 aliphatic rings. The number of nitrogens with one attached hydrogen (secondary N) is 1. The summed E-state index contributed by atoms with van der Waals surface area (Å²) < 4.78 is 19.5. The van der Waals surface area contributed by atoms with Gasteiger partial charge in [0.1, 0.15) is 5.82 Å². The van der Waals surface area contributed by atoms with Crippen LogP contribution in [0.2, 0.25) is 0 Å². The average molecular weight is 405 g/mol. The fraction of sp³-hybridized carbons (Fsp3) is 0.562. The Bertz CT molecular complexity index is 495. The highest BCUT2D eigenvalue weighted by Gasteiger charge is 2.21. The molecule has 21 heavy (non-hydrogen) atoms. The smallest absolute Gasteiger partial charge is 0.252 e. The van der Waals surface area contributed by atoms with Crippen LogP contribution in [0.4, 0.5) is 4.39 Å². The second kappa shape index (κ2) is 8.08. The minimum absolute atomic E-state index is 0.181. The van der Waals surface area contributed by atoms with E-state index in [1.54, 1.807) is 0 Å². The molecule has 1 fully saturated rings. The van der Waals surface area contributed by atoms with Crippen molar-refractivity contribution < 1.29 is 13.9 Å². The molecule has 1 amide bonds. The molecular formula is C16H21FINO2. The van der Waals surface area contributed by atoms with Gasteiger partial charge >= 0.3 is 0 Å². The molecule has 2 rings (SSSR count). The number of carbonyl (C=O) groups is 1. The van der Waals surface area contributed by atoms with E-state index in [1.807, 2.05) is 22.6 Å². The molecule has 0 aromatic heterocycles. The van der Waals surface area contributed by atoms with Gasteiger partial charge in [-0.1, -0.05) is 19.8 Å². The lowest BCUT2D eigenvalue weighted by atomic mass is 9.88. The monoisotopic (exact) mass is 405 g/mol. The van der Waals surface area contributed by atoms with Crippen LogP contribution in [0.15, 0.2) is 18.2 Å². The van der Waals surface area contributed by atoms with E-state index < -0.39 is 0 Å². The number of rotatable bonds is 5. The predicted molar refractivity (Wildman–Crippen MR) is 88.8 cm³/mol. The minimum Gasteiger partial charge on any atom is -0.376 e. The summed E-state index contributed by atoms with van der Waals surface area (Å²) in [6, 6.07) is 4.17. The summed E-state index contributed by atoms with van der Waals surface area (Å²) in [7, 11) is 0. The zero-order valence-electron chi connectivity index (χ0n) is 12.2. The SMILES string of the molecule is C[C@@H]1CCCC[C@H]1OCCNC(=O)c1ccc(F)cc1I. The molecular weight excluding hydrogens is 384 g/mol. The maximum atomic E-state index is 13.0. The molecule has 1 aliphatic carbocycles. The fourth-order valence-corrected chi connectivity index (χ4v) is 3.40. The Labute approximate surface area is 138 Å². The lowest BCUT2D eigenvalue weighted by molar-refractivity contribution is -0.00294. The van der Waals surface area contributed by atoms with Gasteiger partial charge in [-0.2, -0.15) is 0 Å². The van der Waals surface area contributed by atoms with Crippen molar-refractivity contribution in [1.29, 1.82) is 0 Å². The first-order valence-electron chi connectivity index (χ1n) is 7.43. The molecule has 0 heterocycles. The van der Waals surface area contributed by atoms with Crippen LogP contribution in [-0.2, 0) is 4.74 Å². The first-order chi connectivity index (χ1) is 10.1. The number of benzene rings is 1. The topological polar surface area (TPSA) is 38.3 Å². The number of amides is 1. The van der Waals surface area contributed by atoms with Crippen molar-refractivity contribution in [2.75, 3.05) is 13.2 Å². The van der Waals surface area contributed by atoms with E-state index in [1.165, 1.54) is 37.5 Å². The number of hydrogen-bond acceptors (Lipinski definition) is 2. The van der Waals surface area contributed by atoms with Crippen molar-refractivity contribution in [3.63, 3.8) is 0 Å². The lowest BCUT2D eigenvalue weighted by Gasteiger charge is -2.28. The molecule has 1 aromatic carbocycles. The zero-order chi connectivity index (χ0) is 15.2. The molecule has 116 valence electrons. The van der Waals surface area contributed by atoms with Gasteiger partial charge in [0.25, 0.3) is 5.91 Å². The summed E-state index contributed by atoms with van der Waals surface area (Å²) in [5.41, 5.74) is 0.503. The number of ether oxygens (including phenoxy) is 1. The number of hydrogen-bond donors (Lipinski definition) is 1. The first-order valence-corrected chi connectivity index (χ1v) is 8.50. The van der Waals surface area contributed by atoms with Gasteiger partial charge in [-0.15, -0.1) is 0 Å². The van der Waals surface area contributed by atoms with E-state index in [2.05, 4.69) is 12.2 Å². The van der Waals surface area contributed by atoms with Crippen molar-refractivity contribution >= 4 is 28.5 Å². The zero-order valence-corrected chi connectivity index (χ0v) is 14.4. The molecule has 0 bridgehead atoms. The summed E-state index contributed by atoms with van der Waals surface area (Å²) in [5, 5.41) is 2.82. The van der Waals surface area contributed by atoms with E-state index in [-0.39, 0.29) is 11.7 Å². The van der Waals surface area contributed by atoms with Crippen LogP contribution in [0.1, 0.15) is 43.0 Å². The first kappa shape index (κ1) is 16.7. The summed E-state index contributed by atoms with van der Waals surface area (Å²) in [5.74, 6) is 0.0951. The molecule has 0 radical (unpaired) electrons. The summed E-state index contributed by atoms with van der Waals surface area (Å²) in [6.07, 6.45) is 5.19. The Hall–Kier alpha value is -0.690. The minimum atomic E-state index is -0.328. The maximum Gasteiger partial charge on any atom is 0.252 e. The highest BCUT2D eigenvalue weighted by molar-refractivity contribution is 14.1. The van der Waals surface area contributed by atoms with Gasteiger partial charge in [0.2, 0.25) is 0 Å². The Morgan fingerprint density at radius 1 is 1.43 bits per heavy atom. The Kier molecular flexibility index (Phi) is 6.41.